The number of aliphatic hydroxyl groups is 2. The maximum Gasteiger partial charge on any atom is 0.0648 e. The lowest BCUT2D eigenvalue weighted by Gasteiger charge is -2.26. The SMILES string of the molecule is CC(O)CC1CCCC1(C)O. The first-order chi connectivity index (χ1) is 5.02. The minimum atomic E-state index is -0.517. The summed E-state index contributed by atoms with van der Waals surface area (Å²) < 4.78 is 0. The van der Waals surface area contributed by atoms with E-state index in [1.165, 1.54) is 0 Å². The molecule has 2 nitrogen and oxygen atoms in total. The number of hydrogen-bond acceptors (Lipinski definition) is 2. The monoisotopic (exact) mass is 158 g/mol. The normalized spacial score (nSPS) is 40.9. The molecule has 66 valence electrons. The number of rotatable bonds is 2. The van der Waals surface area contributed by atoms with Crippen LogP contribution in [0.1, 0.15) is 39.5 Å². The van der Waals surface area contributed by atoms with Crippen molar-refractivity contribution in [3.8, 4) is 0 Å². The van der Waals surface area contributed by atoms with Crippen molar-refractivity contribution in [3.63, 3.8) is 0 Å². The third-order valence-electron chi connectivity index (χ3n) is 2.74. The molecule has 2 N–H and O–H groups in total. The zero-order chi connectivity index (χ0) is 8.48. The van der Waals surface area contributed by atoms with Gasteiger partial charge in [0.25, 0.3) is 0 Å². The van der Waals surface area contributed by atoms with E-state index < -0.39 is 5.60 Å². The Labute approximate surface area is 68.2 Å². The first kappa shape index (κ1) is 9.01. The predicted molar refractivity (Wildman–Crippen MR) is 44.3 cm³/mol. The van der Waals surface area contributed by atoms with Crippen LogP contribution in [0.5, 0.6) is 0 Å². The smallest absolute Gasteiger partial charge is 0.0648 e. The van der Waals surface area contributed by atoms with Gasteiger partial charge in [0.05, 0.1) is 11.7 Å². The summed E-state index contributed by atoms with van der Waals surface area (Å²) in [6, 6.07) is 0. The lowest BCUT2D eigenvalue weighted by atomic mass is 9.88. The van der Waals surface area contributed by atoms with Gasteiger partial charge in [-0.05, 0) is 39.0 Å². The van der Waals surface area contributed by atoms with Gasteiger partial charge in [0.2, 0.25) is 0 Å². The van der Waals surface area contributed by atoms with Crippen molar-refractivity contribution in [1.82, 2.24) is 0 Å². The number of hydrogen-bond donors (Lipinski definition) is 2. The van der Waals surface area contributed by atoms with Gasteiger partial charge in [-0.15, -0.1) is 0 Å². The summed E-state index contributed by atoms with van der Waals surface area (Å²) >= 11 is 0. The molecule has 1 saturated carbocycles. The summed E-state index contributed by atoms with van der Waals surface area (Å²) in [5, 5.41) is 18.9. The van der Waals surface area contributed by atoms with Crippen molar-refractivity contribution in [2.24, 2.45) is 5.92 Å². The van der Waals surface area contributed by atoms with E-state index in [2.05, 4.69) is 0 Å². The zero-order valence-corrected chi connectivity index (χ0v) is 7.38. The molecule has 0 aliphatic heterocycles. The molecule has 3 unspecified atom stereocenters. The highest BCUT2D eigenvalue weighted by molar-refractivity contribution is 4.88. The molecular weight excluding hydrogens is 140 g/mol. The first-order valence-electron chi connectivity index (χ1n) is 4.43. The quantitative estimate of drug-likeness (QED) is 0.636. The van der Waals surface area contributed by atoms with Crippen molar-refractivity contribution in [3.05, 3.63) is 0 Å². The van der Waals surface area contributed by atoms with E-state index in [1.54, 1.807) is 6.92 Å². The zero-order valence-electron chi connectivity index (χ0n) is 7.38. The van der Waals surface area contributed by atoms with Crippen molar-refractivity contribution < 1.29 is 10.2 Å². The maximum atomic E-state index is 9.79. The summed E-state index contributed by atoms with van der Waals surface area (Å²) in [5.74, 6) is 0.308. The highest BCUT2D eigenvalue weighted by Gasteiger charge is 2.36. The van der Waals surface area contributed by atoms with Gasteiger partial charge in [0, 0.05) is 0 Å². The van der Waals surface area contributed by atoms with Gasteiger partial charge in [0.1, 0.15) is 0 Å². The standard InChI is InChI=1S/C9H18O2/c1-7(10)6-8-4-3-5-9(8,2)11/h7-8,10-11H,3-6H2,1-2H3. The minimum absolute atomic E-state index is 0.274. The fourth-order valence-electron chi connectivity index (χ4n) is 2.00. The summed E-state index contributed by atoms with van der Waals surface area (Å²) in [6.07, 6.45) is 3.53. The molecule has 1 rings (SSSR count). The largest absolute Gasteiger partial charge is 0.393 e. The summed E-state index contributed by atoms with van der Waals surface area (Å²) in [6.45, 7) is 3.67. The third-order valence-corrected chi connectivity index (χ3v) is 2.74. The molecule has 0 spiro atoms. The molecule has 0 aromatic carbocycles. The second kappa shape index (κ2) is 3.11. The topological polar surface area (TPSA) is 40.5 Å². The van der Waals surface area contributed by atoms with E-state index in [4.69, 9.17) is 5.11 Å². The van der Waals surface area contributed by atoms with Gasteiger partial charge in [0.15, 0.2) is 0 Å². The van der Waals surface area contributed by atoms with E-state index >= 15 is 0 Å². The second-order valence-corrected chi connectivity index (χ2v) is 4.03. The van der Waals surface area contributed by atoms with Gasteiger partial charge in [-0.1, -0.05) is 6.42 Å². The Morgan fingerprint density at radius 1 is 1.64 bits per heavy atom. The lowest BCUT2D eigenvalue weighted by molar-refractivity contribution is 0.00127. The van der Waals surface area contributed by atoms with Gasteiger partial charge in [-0.3, -0.25) is 0 Å². The van der Waals surface area contributed by atoms with E-state index in [-0.39, 0.29) is 6.10 Å². The van der Waals surface area contributed by atoms with E-state index in [0.717, 1.165) is 25.7 Å². The molecular formula is C9H18O2. The molecule has 1 fully saturated rings. The van der Waals surface area contributed by atoms with Gasteiger partial charge < -0.3 is 10.2 Å². The molecule has 2 heteroatoms. The molecule has 0 heterocycles. The molecule has 0 bridgehead atoms. The van der Waals surface area contributed by atoms with Crippen molar-refractivity contribution in [2.75, 3.05) is 0 Å². The second-order valence-electron chi connectivity index (χ2n) is 4.03. The maximum absolute atomic E-state index is 9.79. The van der Waals surface area contributed by atoms with Crippen LogP contribution in [0.2, 0.25) is 0 Å². The summed E-state index contributed by atoms with van der Waals surface area (Å²) in [5.41, 5.74) is -0.517. The van der Waals surface area contributed by atoms with Gasteiger partial charge in [-0.25, -0.2) is 0 Å². The Bertz CT molecular complexity index is 130. The molecule has 1 aliphatic carbocycles. The predicted octanol–water partition coefficient (Wildman–Crippen LogP) is 1.31. The van der Waals surface area contributed by atoms with Crippen LogP contribution >= 0.6 is 0 Å². The summed E-state index contributed by atoms with van der Waals surface area (Å²) in [7, 11) is 0. The van der Waals surface area contributed by atoms with Crippen LogP contribution in [0.25, 0.3) is 0 Å². The molecule has 11 heavy (non-hydrogen) atoms. The summed E-state index contributed by atoms with van der Waals surface area (Å²) in [4.78, 5) is 0. The average molecular weight is 158 g/mol. The molecule has 0 amide bonds. The Balaban J connectivity index is 2.45. The molecule has 0 aromatic heterocycles. The minimum Gasteiger partial charge on any atom is -0.393 e. The van der Waals surface area contributed by atoms with Crippen LogP contribution in [-0.4, -0.2) is 21.9 Å². The lowest BCUT2D eigenvalue weighted by Crippen LogP contribution is -2.30. The van der Waals surface area contributed by atoms with Crippen molar-refractivity contribution >= 4 is 0 Å². The van der Waals surface area contributed by atoms with Crippen LogP contribution < -0.4 is 0 Å². The molecule has 0 saturated heterocycles. The molecule has 1 aliphatic rings. The van der Waals surface area contributed by atoms with Crippen LogP contribution in [0.3, 0.4) is 0 Å². The Morgan fingerprint density at radius 2 is 2.27 bits per heavy atom. The van der Waals surface area contributed by atoms with E-state index in [1.807, 2.05) is 6.92 Å². The Morgan fingerprint density at radius 3 is 2.64 bits per heavy atom. The van der Waals surface area contributed by atoms with Gasteiger partial charge in [-0.2, -0.15) is 0 Å². The number of aliphatic hydroxyl groups excluding tert-OH is 1. The van der Waals surface area contributed by atoms with E-state index in [0.29, 0.717) is 5.92 Å². The fraction of sp³-hybridized carbons (Fsp3) is 1.00. The first-order valence-corrected chi connectivity index (χ1v) is 4.43. The van der Waals surface area contributed by atoms with E-state index in [9.17, 15) is 5.11 Å². The Hall–Kier alpha value is -0.0800. The van der Waals surface area contributed by atoms with Crippen molar-refractivity contribution in [2.45, 2.75) is 51.2 Å². The highest BCUT2D eigenvalue weighted by Crippen LogP contribution is 2.37. The van der Waals surface area contributed by atoms with Crippen LogP contribution in [0.4, 0.5) is 0 Å². The van der Waals surface area contributed by atoms with Crippen LogP contribution in [-0.2, 0) is 0 Å². The van der Waals surface area contributed by atoms with Crippen molar-refractivity contribution in [1.29, 1.82) is 0 Å². The molecule has 0 radical (unpaired) electrons. The third kappa shape index (κ3) is 2.17. The van der Waals surface area contributed by atoms with Gasteiger partial charge >= 0.3 is 0 Å². The fourth-order valence-corrected chi connectivity index (χ4v) is 2.00. The molecule has 0 aromatic rings. The van der Waals surface area contributed by atoms with Crippen LogP contribution in [0.15, 0.2) is 0 Å². The molecule has 3 atom stereocenters. The Kier molecular flexibility index (Phi) is 2.55. The highest BCUT2D eigenvalue weighted by atomic mass is 16.3. The average Bonchev–Trinajstić information content (AvgIpc) is 2.10. The van der Waals surface area contributed by atoms with Crippen LogP contribution in [0, 0.1) is 5.92 Å².